The largest absolute Gasteiger partial charge is 0.466 e. The first-order chi connectivity index (χ1) is 12.2. The minimum absolute atomic E-state index is 0.0694. The first-order valence-electron chi connectivity index (χ1n) is 7.74. The molecule has 5 nitrogen and oxygen atoms in total. The van der Waals surface area contributed by atoms with Crippen LogP contribution in [-0.4, -0.2) is 13.1 Å². The molecule has 0 saturated heterocycles. The summed E-state index contributed by atoms with van der Waals surface area (Å²) in [5.74, 6) is -0.663. The summed E-state index contributed by atoms with van der Waals surface area (Å²) >= 11 is 0. The van der Waals surface area contributed by atoms with E-state index in [1.807, 2.05) is 24.3 Å². The van der Waals surface area contributed by atoms with Crippen molar-refractivity contribution in [1.29, 1.82) is 0 Å². The molecule has 4 rings (SSSR count). The van der Waals surface area contributed by atoms with Gasteiger partial charge in [0.2, 0.25) is 0 Å². The van der Waals surface area contributed by atoms with Crippen molar-refractivity contribution in [1.82, 2.24) is 0 Å². The zero-order chi connectivity index (χ0) is 17.4. The fourth-order valence-electron chi connectivity index (χ4n) is 3.31. The molecule has 0 aliphatic rings. The van der Waals surface area contributed by atoms with E-state index in [0.717, 1.165) is 21.7 Å². The molecule has 4 aromatic carbocycles. The molecule has 0 N–H and O–H groups in total. The van der Waals surface area contributed by atoms with Crippen LogP contribution in [0.15, 0.2) is 65.4 Å². The smallest absolute Gasteiger partial charge is 0.340 e. The monoisotopic (exact) mass is 327 g/mol. The van der Waals surface area contributed by atoms with E-state index >= 15 is 0 Å². The number of carbonyl (C=O) groups excluding carboxylic acids is 1. The number of hydrogen-bond donors (Lipinski definition) is 0. The zero-order valence-corrected chi connectivity index (χ0v) is 13.4. The van der Waals surface area contributed by atoms with E-state index in [4.69, 9.17) is 10.3 Å². The summed E-state index contributed by atoms with van der Waals surface area (Å²) in [5.41, 5.74) is 9.44. The molecule has 0 unspecified atom stereocenters. The molecule has 0 amide bonds. The summed E-state index contributed by atoms with van der Waals surface area (Å²) in [5, 5.41) is 10.2. The number of ether oxygens (including phenoxy) is 1. The zero-order valence-electron chi connectivity index (χ0n) is 13.4. The van der Waals surface area contributed by atoms with Gasteiger partial charge in [0.05, 0.1) is 7.11 Å². The minimum atomic E-state index is -0.663. The Bertz CT molecular complexity index is 1190. The van der Waals surface area contributed by atoms with Gasteiger partial charge in [-0.2, -0.15) is 0 Å². The molecule has 5 heteroatoms. The topological polar surface area (TPSA) is 75.1 Å². The molecule has 0 fully saturated rings. The van der Waals surface area contributed by atoms with Crippen LogP contribution in [0.1, 0.15) is 5.56 Å². The summed E-state index contributed by atoms with van der Waals surface area (Å²) in [7, 11) is 1.26. The van der Waals surface area contributed by atoms with Crippen LogP contribution < -0.4 is 0 Å². The Morgan fingerprint density at radius 2 is 1.64 bits per heavy atom. The number of methoxy groups -OCH3 is 1. The number of hydrogen-bond acceptors (Lipinski definition) is 3. The van der Waals surface area contributed by atoms with Gasteiger partial charge in [0.15, 0.2) is 0 Å². The third kappa shape index (κ3) is 2.35. The predicted octanol–water partition coefficient (Wildman–Crippen LogP) is 5.41. The average Bonchev–Trinajstić information content (AvgIpc) is 2.66. The summed E-state index contributed by atoms with van der Waals surface area (Å²) < 4.78 is 4.69. The van der Waals surface area contributed by atoms with Gasteiger partial charge < -0.3 is 4.74 Å². The summed E-state index contributed by atoms with van der Waals surface area (Å²) in [4.78, 5) is 14.5. The predicted molar refractivity (Wildman–Crippen MR) is 99.3 cm³/mol. The standard InChI is InChI=1S/C20H13N3O2/c1-25-20(24)17(22-23-21)11-15-8-7-14-6-5-12-3-2-4-13-9-10-16(15)19(14)18(12)13/h2-11H,1H3/b17-11-. The van der Waals surface area contributed by atoms with Crippen LogP contribution in [-0.2, 0) is 9.53 Å². The van der Waals surface area contributed by atoms with Crippen molar-refractivity contribution in [3.05, 3.63) is 76.3 Å². The van der Waals surface area contributed by atoms with Gasteiger partial charge in [0.1, 0.15) is 5.70 Å². The van der Waals surface area contributed by atoms with Crippen molar-refractivity contribution < 1.29 is 9.53 Å². The van der Waals surface area contributed by atoms with Gasteiger partial charge in [0.25, 0.3) is 0 Å². The molecule has 0 heterocycles. The lowest BCUT2D eigenvalue weighted by Gasteiger charge is -2.12. The number of azide groups is 1. The van der Waals surface area contributed by atoms with Crippen molar-refractivity contribution in [3.63, 3.8) is 0 Å². The van der Waals surface area contributed by atoms with Crippen LogP contribution in [0.3, 0.4) is 0 Å². The molecule has 25 heavy (non-hydrogen) atoms. The Morgan fingerprint density at radius 3 is 2.32 bits per heavy atom. The van der Waals surface area contributed by atoms with Gasteiger partial charge in [-0.1, -0.05) is 59.7 Å². The molecular weight excluding hydrogens is 314 g/mol. The SMILES string of the molecule is COC(=O)/C(=C/c1ccc2ccc3cccc4ccc1c2c34)N=[N+]=[N-]. The van der Waals surface area contributed by atoms with Crippen LogP contribution >= 0.6 is 0 Å². The van der Waals surface area contributed by atoms with Crippen molar-refractivity contribution in [2.24, 2.45) is 5.11 Å². The molecule has 0 bridgehead atoms. The Kier molecular flexibility index (Phi) is 3.49. The normalized spacial score (nSPS) is 11.8. The lowest BCUT2D eigenvalue weighted by molar-refractivity contribution is -0.136. The van der Waals surface area contributed by atoms with E-state index in [1.54, 1.807) is 6.08 Å². The maximum atomic E-state index is 11.8. The lowest BCUT2D eigenvalue weighted by Crippen LogP contribution is -2.02. The number of esters is 1. The highest BCUT2D eigenvalue weighted by atomic mass is 16.5. The van der Waals surface area contributed by atoms with Gasteiger partial charge in [-0.3, -0.25) is 0 Å². The van der Waals surface area contributed by atoms with Crippen LogP contribution in [0.4, 0.5) is 0 Å². The van der Waals surface area contributed by atoms with Gasteiger partial charge in [-0.25, -0.2) is 4.79 Å². The molecule has 0 aliphatic carbocycles. The third-order valence-corrected chi connectivity index (χ3v) is 4.40. The average molecular weight is 327 g/mol. The Balaban J connectivity index is 2.09. The quantitative estimate of drug-likeness (QED) is 0.126. The highest BCUT2D eigenvalue weighted by molar-refractivity contribution is 6.24. The van der Waals surface area contributed by atoms with Crippen LogP contribution in [0.2, 0.25) is 0 Å². The number of carbonyl (C=O) groups is 1. The summed E-state index contributed by atoms with van der Waals surface area (Å²) in [6.45, 7) is 0. The second-order valence-electron chi connectivity index (χ2n) is 5.72. The lowest BCUT2D eigenvalue weighted by atomic mass is 9.92. The van der Waals surface area contributed by atoms with E-state index in [1.165, 1.54) is 23.3 Å². The highest BCUT2D eigenvalue weighted by Crippen LogP contribution is 2.36. The van der Waals surface area contributed by atoms with E-state index in [0.29, 0.717) is 0 Å². The van der Waals surface area contributed by atoms with Crippen LogP contribution in [0.5, 0.6) is 0 Å². The van der Waals surface area contributed by atoms with E-state index in [2.05, 4.69) is 40.4 Å². The molecule has 0 aliphatic heterocycles. The van der Waals surface area contributed by atoms with Crippen molar-refractivity contribution >= 4 is 44.4 Å². The van der Waals surface area contributed by atoms with Crippen LogP contribution in [0, 0.1) is 0 Å². The number of nitrogens with zero attached hydrogens (tertiary/aromatic N) is 3. The fourth-order valence-corrected chi connectivity index (χ4v) is 3.31. The maximum absolute atomic E-state index is 11.8. The second kappa shape index (κ2) is 5.82. The molecular formula is C20H13N3O2. The number of benzene rings is 4. The van der Waals surface area contributed by atoms with Gasteiger partial charge in [0, 0.05) is 4.91 Å². The van der Waals surface area contributed by atoms with E-state index in [-0.39, 0.29) is 5.70 Å². The van der Waals surface area contributed by atoms with Crippen molar-refractivity contribution in [3.8, 4) is 0 Å². The highest BCUT2D eigenvalue weighted by Gasteiger charge is 2.12. The molecule has 0 radical (unpaired) electrons. The van der Waals surface area contributed by atoms with Crippen molar-refractivity contribution in [2.45, 2.75) is 0 Å². The van der Waals surface area contributed by atoms with Gasteiger partial charge >= 0.3 is 5.97 Å². The Morgan fingerprint density at radius 1 is 1.00 bits per heavy atom. The fraction of sp³-hybridized carbons (Fsp3) is 0.0500. The number of rotatable bonds is 3. The molecule has 0 spiro atoms. The molecule has 120 valence electrons. The maximum Gasteiger partial charge on any atom is 0.340 e. The van der Waals surface area contributed by atoms with Gasteiger partial charge in [-0.15, -0.1) is 0 Å². The van der Waals surface area contributed by atoms with Crippen LogP contribution in [0.25, 0.3) is 48.8 Å². The summed E-state index contributed by atoms with van der Waals surface area (Å²) in [6.07, 6.45) is 1.57. The van der Waals surface area contributed by atoms with E-state index in [9.17, 15) is 4.79 Å². The third-order valence-electron chi connectivity index (χ3n) is 4.40. The molecule has 4 aromatic rings. The van der Waals surface area contributed by atoms with Crippen molar-refractivity contribution in [2.75, 3.05) is 7.11 Å². The first kappa shape index (κ1) is 15.0. The second-order valence-corrected chi connectivity index (χ2v) is 5.72. The van der Waals surface area contributed by atoms with E-state index < -0.39 is 5.97 Å². The molecule has 0 atom stereocenters. The summed E-state index contributed by atoms with van der Waals surface area (Å²) in [6, 6.07) is 18.4. The Labute approximate surface area is 143 Å². The minimum Gasteiger partial charge on any atom is -0.466 e. The first-order valence-corrected chi connectivity index (χ1v) is 7.74. The molecule has 0 saturated carbocycles. The Hall–Kier alpha value is -3.56. The molecule has 0 aromatic heterocycles. The van der Waals surface area contributed by atoms with Gasteiger partial charge in [-0.05, 0) is 49.5 Å².